The van der Waals surface area contributed by atoms with Crippen LogP contribution in [0, 0.1) is 17.6 Å². The summed E-state index contributed by atoms with van der Waals surface area (Å²) in [6, 6.07) is 4.17. The number of aromatic nitrogens is 2. The molecule has 0 saturated carbocycles. The number of anilines is 1. The van der Waals surface area contributed by atoms with Crippen LogP contribution in [0.15, 0.2) is 24.4 Å². The van der Waals surface area contributed by atoms with Crippen LogP contribution in [-0.2, 0) is 13.0 Å². The maximum absolute atomic E-state index is 13.4. The molecular formula is C13H12F3N3. The highest BCUT2D eigenvalue weighted by Gasteiger charge is 2.12. The average molecular weight is 267 g/mol. The van der Waals surface area contributed by atoms with Crippen molar-refractivity contribution in [1.29, 1.82) is 0 Å². The Labute approximate surface area is 108 Å². The van der Waals surface area contributed by atoms with Gasteiger partial charge < -0.3 is 5.32 Å². The van der Waals surface area contributed by atoms with Gasteiger partial charge in [0, 0.05) is 12.3 Å². The zero-order valence-corrected chi connectivity index (χ0v) is 10.3. The standard InChI is InChI=1S/C13H12F3N3/c1-2-8-4-3-5-17-11(8)7-18-13-10(15)6-9(14)12(16)19-13/h3-6H,2,7H2,1H3,(H,18,19). The summed E-state index contributed by atoms with van der Waals surface area (Å²) in [5.41, 5.74) is 1.72. The fourth-order valence-corrected chi connectivity index (χ4v) is 1.69. The van der Waals surface area contributed by atoms with E-state index in [1.165, 1.54) is 0 Å². The normalized spacial score (nSPS) is 10.5. The van der Waals surface area contributed by atoms with Crippen molar-refractivity contribution in [3.8, 4) is 0 Å². The third kappa shape index (κ3) is 3.01. The van der Waals surface area contributed by atoms with Gasteiger partial charge in [-0.3, -0.25) is 4.98 Å². The van der Waals surface area contributed by atoms with Crippen LogP contribution in [0.2, 0.25) is 0 Å². The number of hydrogen-bond acceptors (Lipinski definition) is 3. The van der Waals surface area contributed by atoms with Crippen LogP contribution in [0.5, 0.6) is 0 Å². The van der Waals surface area contributed by atoms with Gasteiger partial charge in [0.25, 0.3) is 5.95 Å². The molecular weight excluding hydrogens is 255 g/mol. The molecule has 1 N–H and O–H groups in total. The quantitative estimate of drug-likeness (QED) is 0.865. The number of nitrogens with one attached hydrogen (secondary N) is 1. The number of nitrogens with zero attached hydrogens (tertiary/aromatic N) is 2. The summed E-state index contributed by atoms with van der Waals surface area (Å²) >= 11 is 0. The van der Waals surface area contributed by atoms with Gasteiger partial charge in [0.2, 0.25) is 0 Å². The lowest BCUT2D eigenvalue weighted by Crippen LogP contribution is -2.09. The van der Waals surface area contributed by atoms with E-state index in [1.807, 2.05) is 13.0 Å². The molecule has 19 heavy (non-hydrogen) atoms. The molecule has 2 aromatic rings. The van der Waals surface area contributed by atoms with Gasteiger partial charge >= 0.3 is 0 Å². The molecule has 6 heteroatoms. The van der Waals surface area contributed by atoms with Crippen LogP contribution in [-0.4, -0.2) is 9.97 Å². The Morgan fingerprint density at radius 3 is 2.74 bits per heavy atom. The van der Waals surface area contributed by atoms with Crippen molar-refractivity contribution < 1.29 is 13.2 Å². The number of aryl methyl sites for hydroxylation is 1. The zero-order valence-electron chi connectivity index (χ0n) is 10.3. The van der Waals surface area contributed by atoms with Crippen LogP contribution in [0.1, 0.15) is 18.2 Å². The minimum absolute atomic E-state index is 0.193. The van der Waals surface area contributed by atoms with Gasteiger partial charge in [-0.1, -0.05) is 13.0 Å². The third-order valence-electron chi connectivity index (χ3n) is 2.68. The lowest BCUT2D eigenvalue weighted by Gasteiger charge is -2.09. The SMILES string of the molecule is CCc1cccnc1CNc1nc(F)c(F)cc1F. The maximum atomic E-state index is 13.4. The molecule has 0 bridgehead atoms. The topological polar surface area (TPSA) is 37.8 Å². The molecule has 0 aliphatic carbocycles. The maximum Gasteiger partial charge on any atom is 0.251 e. The van der Waals surface area contributed by atoms with Gasteiger partial charge in [0.05, 0.1) is 12.2 Å². The molecule has 3 nitrogen and oxygen atoms in total. The number of hydrogen-bond donors (Lipinski definition) is 1. The Kier molecular flexibility index (Phi) is 3.99. The predicted molar refractivity (Wildman–Crippen MR) is 65.1 cm³/mol. The van der Waals surface area contributed by atoms with Crippen molar-refractivity contribution >= 4 is 5.82 Å². The van der Waals surface area contributed by atoms with Crippen molar-refractivity contribution in [2.24, 2.45) is 0 Å². The average Bonchev–Trinajstić information content (AvgIpc) is 2.41. The molecule has 2 aromatic heterocycles. The van der Waals surface area contributed by atoms with E-state index in [0.29, 0.717) is 6.07 Å². The summed E-state index contributed by atoms with van der Waals surface area (Å²) in [7, 11) is 0. The predicted octanol–water partition coefficient (Wildman–Crippen LogP) is 3.07. The summed E-state index contributed by atoms with van der Waals surface area (Å²) < 4.78 is 39.0. The van der Waals surface area contributed by atoms with E-state index >= 15 is 0 Å². The van der Waals surface area contributed by atoms with Gasteiger partial charge in [-0.25, -0.2) is 8.78 Å². The van der Waals surface area contributed by atoms with E-state index in [9.17, 15) is 13.2 Å². The zero-order chi connectivity index (χ0) is 13.8. The van der Waals surface area contributed by atoms with Gasteiger partial charge in [0.15, 0.2) is 17.5 Å². The summed E-state index contributed by atoms with van der Waals surface area (Å²) in [6.07, 6.45) is 2.39. The Bertz CT molecular complexity index is 587. The highest BCUT2D eigenvalue weighted by molar-refractivity contribution is 5.37. The first-order valence-electron chi connectivity index (χ1n) is 5.80. The van der Waals surface area contributed by atoms with Gasteiger partial charge in [-0.05, 0) is 18.1 Å². The highest BCUT2D eigenvalue weighted by Crippen LogP contribution is 2.16. The molecule has 0 aliphatic rings. The fraction of sp³-hybridized carbons (Fsp3) is 0.231. The number of halogens is 3. The monoisotopic (exact) mass is 267 g/mol. The van der Waals surface area contributed by atoms with Crippen LogP contribution < -0.4 is 5.32 Å². The molecule has 100 valence electrons. The molecule has 2 heterocycles. The first-order chi connectivity index (χ1) is 9.11. The van der Waals surface area contributed by atoms with E-state index < -0.39 is 17.6 Å². The van der Waals surface area contributed by atoms with Crippen LogP contribution in [0.4, 0.5) is 19.0 Å². The number of pyridine rings is 2. The highest BCUT2D eigenvalue weighted by atomic mass is 19.2. The molecule has 0 atom stereocenters. The van der Waals surface area contributed by atoms with Crippen LogP contribution in [0.25, 0.3) is 0 Å². The molecule has 0 amide bonds. The van der Waals surface area contributed by atoms with Crippen LogP contribution >= 0.6 is 0 Å². The number of rotatable bonds is 4. The minimum Gasteiger partial charge on any atom is -0.362 e. The molecule has 2 rings (SSSR count). The second-order valence-corrected chi connectivity index (χ2v) is 3.91. The Morgan fingerprint density at radius 1 is 1.21 bits per heavy atom. The van der Waals surface area contributed by atoms with Crippen molar-refractivity contribution in [3.05, 3.63) is 53.2 Å². The minimum atomic E-state index is -1.33. The Balaban J connectivity index is 2.17. The van der Waals surface area contributed by atoms with Gasteiger partial charge in [-0.2, -0.15) is 9.37 Å². The second-order valence-electron chi connectivity index (χ2n) is 3.91. The second kappa shape index (κ2) is 5.69. The lowest BCUT2D eigenvalue weighted by atomic mass is 10.1. The lowest BCUT2D eigenvalue weighted by molar-refractivity contribution is 0.466. The third-order valence-corrected chi connectivity index (χ3v) is 2.68. The Morgan fingerprint density at radius 2 is 2.00 bits per heavy atom. The molecule has 0 aromatic carbocycles. The van der Waals surface area contributed by atoms with Crippen molar-refractivity contribution in [1.82, 2.24) is 9.97 Å². The van der Waals surface area contributed by atoms with Gasteiger partial charge in [-0.15, -0.1) is 0 Å². The first-order valence-corrected chi connectivity index (χ1v) is 5.80. The van der Waals surface area contributed by atoms with Gasteiger partial charge in [0.1, 0.15) is 0 Å². The molecule has 0 unspecified atom stereocenters. The molecule has 0 aliphatic heterocycles. The van der Waals surface area contributed by atoms with E-state index in [1.54, 1.807) is 12.3 Å². The molecule has 0 spiro atoms. The van der Waals surface area contributed by atoms with Crippen LogP contribution in [0.3, 0.4) is 0 Å². The van der Waals surface area contributed by atoms with E-state index in [4.69, 9.17) is 0 Å². The van der Waals surface area contributed by atoms with Crippen molar-refractivity contribution in [3.63, 3.8) is 0 Å². The smallest absolute Gasteiger partial charge is 0.251 e. The summed E-state index contributed by atoms with van der Waals surface area (Å²) in [6.45, 7) is 2.16. The van der Waals surface area contributed by atoms with E-state index in [0.717, 1.165) is 17.7 Å². The summed E-state index contributed by atoms with van der Waals surface area (Å²) in [4.78, 5) is 7.34. The van der Waals surface area contributed by atoms with Crippen molar-refractivity contribution in [2.45, 2.75) is 19.9 Å². The van der Waals surface area contributed by atoms with Crippen molar-refractivity contribution in [2.75, 3.05) is 5.32 Å². The van der Waals surface area contributed by atoms with E-state index in [-0.39, 0.29) is 12.4 Å². The first kappa shape index (κ1) is 13.3. The summed E-state index contributed by atoms with van der Waals surface area (Å²) in [5, 5.41) is 2.62. The molecule has 0 saturated heterocycles. The molecule has 0 fully saturated rings. The van der Waals surface area contributed by atoms with E-state index in [2.05, 4.69) is 15.3 Å². The Hall–Kier alpha value is -2.11. The molecule has 0 radical (unpaired) electrons. The summed E-state index contributed by atoms with van der Waals surface area (Å²) in [5.74, 6) is -3.91. The largest absolute Gasteiger partial charge is 0.362 e. The fourth-order valence-electron chi connectivity index (χ4n) is 1.69.